The van der Waals surface area contributed by atoms with Crippen molar-refractivity contribution in [3.63, 3.8) is 0 Å². The van der Waals surface area contributed by atoms with Gasteiger partial charge in [0.05, 0.1) is 0 Å². The highest BCUT2D eigenvalue weighted by Crippen LogP contribution is 2.00. The molecule has 1 aromatic rings. The predicted molar refractivity (Wildman–Crippen MR) is 66.3 cm³/mol. The molecule has 0 bridgehead atoms. The van der Waals surface area contributed by atoms with Gasteiger partial charge in [-0.05, 0) is 17.4 Å². The van der Waals surface area contributed by atoms with E-state index in [2.05, 4.69) is 12.1 Å². The zero-order valence-electron chi connectivity index (χ0n) is 7.05. The van der Waals surface area contributed by atoms with Gasteiger partial charge in [-0.1, -0.05) is 42.5 Å². The molecule has 2 N–H and O–H groups in total. The molecule has 74 valence electrons. The molecule has 0 saturated heterocycles. The van der Waals surface area contributed by atoms with Gasteiger partial charge in [0.2, 0.25) is 0 Å². The van der Waals surface area contributed by atoms with Crippen molar-refractivity contribution < 1.29 is 0 Å². The van der Waals surface area contributed by atoms with E-state index in [-0.39, 0.29) is 30.9 Å². The lowest BCUT2D eigenvalue weighted by Crippen LogP contribution is -2.23. The van der Waals surface area contributed by atoms with Crippen LogP contribution in [0.15, 0.2) is 30.3 Å². The summed E-state index contributed by atoms with van der Waals surface area (Å²) in [6.45, 7) is 0. The first-order chi connectivity index (χ1) is 5.33. The zero-order chi connectivity index (χ0) is 8.10. The number of thiocarbonyl (C=S) groups is 1. The minimum atomic E-state index is 0. The van der Waals surface area contributed by atoms with Gasteiger partial charge in [-0.2, -0.15) is 0 Å². The molecule has 4 heteroatoms. The fraction of sp³-hybridized carbons (Fsp3) is 0.222. The van der Waals surface area contributed by atoms with Crippen molar-refractivity contribution in [3.8, 4) is 0 Å². The molecule has 0 fully saturated rings. The smallest absolute Gasteiger partial charge is 0.0369 e. The summed E-state index contributed by atoms with van der Waals surface area (Å²) in [5.74, 6) is 0. The summed E-state index contributed by atoms with van der Waals surface area (Å²) >= 11 is 4.72. The summed E-state index contributed by atoms with van der Waals surface area (Å²) in [5.41, 5.74) is 6.88. The maximum atomic E-state index is 5.65. The molecule has 0 radical (unpaired) electrons. The third kappa shape index (κ3) is 5.99. The third-order valence-electron chi connectivity index (χ3n) is 1.49. The minimum Gasteiger partial charge on any atom is -0.323 e. The Hall–Kier alpha value is -0.150. The molecule has 1 unspecified atom stereocenters. The van der Waals surface area contributed by atoms with Crippen molar-refractivity contribution in [1.29, 1.82) is 0 Å². The summed E-state index contributed by atoms with van der Waals surface area (Å²) in [5, 5.41) is 1.60. The van der Waals surface area contributed by atoms with Crippen LogP contribution in [0.5, 0.6) is 0 Å². The summed E-state index contributed by atoms with van der Waals surface area (Å²) in [6.07, 6.45) is 0.838. The Morgan fingerprint density at radius 3 is 2.23 bits per heavy atom. The van der Waals surface area contributed by atoms with Crippen LogP contribution in [-0.2, 0) is 6.42 Å². The summed E-state index contributed by atoms with van der Waals surface area (Å²) in [6, 6.07) is 10.1. The Morgan fingerprint density at radius 1 is 1.23 bits per heavy atom. The topological polar surface area (TPSA) is 26.0 Å². The highest BCUT2D eigenvalue weighted by atomic mass is 35.5. The molecule has 0 amide bonds. The Morgan fingerprint density at radius 2 is 1.77 bits per heavy atom. The van der Waals surface area contributed by atoms with E-state index in [4.69, 9.17) is 18.0 Å². The zero-order valence-corrected chi connectivity index (χ0v) is 9.50. The van der Waals surface area contributed by atoms with E-state index in [0.29, 0.717) is 0 Å². The number of halogens is 2. The Kier molecular flexibility index (Phi) is 9.96. The normalized spacial score (nSPS) is 10.5. The molecule has 0 aliphatic heterocycles. The maximum absolute atomic E-state index is 5.65. The number of rotatable bonds is 3. The molecule has 0 aromatic heterocycles. The Bertz CT molecular complexity index is 228. The second kappa shape index (κ2) is 8.45. The van der Waals surface area contributed by atoms with E-state index >= 15 is 0 Å². The number of hydrogen-bond acceptors (Lipinski definition) is 2. The lowest BCUT2D eigenvalue weighted by atomic mass is 10.1. The van der Waals surface area contributed by atoms with Crippen molar-refractivity contribution in [3.05, 3.63) is 35.9 Å². The second-order valence-electron chi connectivity index (χ2n) is 2.49. The van der Waals surface area contributed by atoms with Crippen LogP contribution >= 0.6 is 37.0 Å². The van der Waals surface area contributed by atoms with Gasteiger partial charge in [0.1, 0.15) is 0 Å². The van der Waals surface area contributed by atoms with Gasteiger partial charge in [-0.3, -0.25) is 0 Å². The van der Waals surface area contributed by atoms with Gasteiger partial charge < -0.3 is 5.73 Å². The highest BCUT2D eigenvalue weighted by molar-refractivity contribution is 7.79. The third-order valence-corrected chi connectivity index (χ3v) is 1.84. The maximum Gasteiger partial charge on any atom is 0.0369 e. The Labute approximate surface area is 96.5 Å². The van der Waals surface area contributed by atoms with Gasteiger partial charge in [0.25, 0.3) is 0 Å². The molecule has 0 heterocycles. The van der Waals surface area contributed by atoms with E-state index in [1.165, 1.54) is 5.56 Å². The molecule has 0 spiro atoms. The number of benzene rings is 1. The number of hydrogen-bond donors (Lipinski definition) is 1. The average molecular weight is 238 g/mol. The molecule has 1 rings (SSSR count). The lowest BCUT2D eigenvalue weighted by Gasteiger charge is -2.03. The van der Waals surface area contributed by atoms with Crippen LogP contribution in [-0.4, -0.2) is 11.4 Å². The van der Waals surface area contributed by atoms with E-state index < -0.39 is 0 Å². The standard InChI is InChI=1S/C9H11NS.2ClH/c10-9(7-11)6-8-4-2-1-3-5-8;;/h1-5,7,9H,6,10H2;2*1H. The van der Waals surface area contributed by atoms with Crippen molar-refractivity contribution in [2.75, 3.05) is 0 Å². The van der Waals surface area contributed by atoms with Gasteiger partial charge >= 0.3 is 0 Å². The van der Waals surface area contributed by atoms with Crippen LogP contribution in [0.4, 0.5) is 0 Å². The van der Waals surface area contributed by atoms with Gasteiger partial charge in [-0.15, -0.1) is 24.8 Å². The van der Waals surface area contributed by atoms with Crippen molar-refractivity contribution >= 4 is 42.4 Å². The first-order valence-corrected chi connectivity index (χ1v) is 4.05. The fourth-order valence-electron chi connectivity index (χ4n) is 0.934. The molecule has 0 aliphatic rings. The molecular weight excluding hydrogens is 225 g/mol. The average Bonchev–Trinajstić information content (AvgIpc) is 2.06. The Balaban J connectivity index is 0. The SMILES string of the molecule is Cl.Cl.NC(C=S)Cc1ccccc1. The summed E-state index contributed by atoms with van der Waals surface area (Å²) in [4.78, 5) is 0. The monoisotopic (exact) mass is 237 g/mol. The van der Waals surface area contributed by atoms with Crippen LogP contribution in [0.25, 0.3) is 0 Å². The second-order valence-corrected chi connectivity index (χ2v) is 2.76. The van der Waals surface area contributed by atoms with E-state index in [9.17, 15) is 0 Å². The minimum absolute atomic E-state index is 0. The molecule has 0 saturated carbocycles. The molecule has 1 nitrogen and oxygen atoms in total. The van der Waals surface area contributed by atoms with Crippen LogP contribution in [0, 0.1) is 0 Å². The van der Waals surface area contributed by atoms with Gasteiger partial charge in [0, 0.05) is 6.04 Å². The van der Waals surface area contributed by atoms with Crippen molar-refractivity contribution in [2.24, 2.45) is 5.73 Å². The highest BCUT2D eigenvalue weighted by Gasteiger charge is 1.97. The summed E-state index contributed by atoms with van der Waals surface area (Å²) in [7, 11) is 0. The first-order valence-electron chi connectivity index (χ1n) is 3.57. The lowest BCUT2D eigenvalue weighted by molar-refractivity contribution is 0.873. The van der Waals surface area contributed by atoms with E-state index in [1.807, 2.05) is 18.2 Å². The predicted octanol–water partition coefficient (Wildman–Crippen LogP) is 2.40. The number of nitrogens with two attached hydrogens (primary N) is 1. The largest absolute Gasteiger partial charge is 0.323 e. The molecule has 13 heavy (non-hydrogen) atoms. The summed E-state index contributed by atoms with van der Waals surface area (Å²) < 4.78 is 0. The van der Waals surface area contributed by atoms with Crippen molar-refractivity contribution in [2.45, 2.75) is 12.5 Å². The van der Waals surface area contributed by atoms with Gasteiger partial charge in [-0.25, -0.2) is 0 Å². The molecule has 1 atom stereocenters. The molecule has 0 aliphatic carbocycles. The van der Waals surface area contributed by atoms with Crippen LogP contribution in [0.3, 0.4) is 0 Å². The van der Waals surface area contributed by atoms with Crippen LogP contribution in [0.2, 0.25) is 0 Å². The molecular formula is C9H13Cl2NS. The van der Waals surface area contributed by atoms with E-state index in [0.717, 1.165) is 6.42 Å². The quantitative estimate of drug-likeness (QED) is 0.818. The van der Waals surface area contributed by atoms with Crippen LogP contribution < -0.4 is 5.73 Å². The van der Waals surface area contributed by atoms with Gasteiger partial charge in [0.15, 0.2) is 0 Å². The van der Waals surface area contributed by atoms with Crippen LogP contribution in [0.1, 0.15) is 5.56 Å². The first kappa shape index (κ1) is 15.3. The van der Waals surface area contributed by atoms with Crippen molar-refractivity contribution in [1.82, 2.24) is 0 Å². The molecule has 1 aromatic carbocycles. The van der Waals surface area contributed by atoms with E-state index in [1.54, 1.807) is 5.37 Å². The fourth-order valence-corrected chi connectivity index (χ4v) is 1.03.